The zero-order valence-corrected chi connectivity index (χ0v) is 14.4. The Bertz CT molecular complexity index is 609. The van der Waals surface area contributed by atoms with E-state index in [-0.39, 0.29) is 4.83 Å². The normalized spacial score (nSPS) is 11.9. The third-order valence-electron chi connectivity index (χ3n) is 3.15. The first-order valence-corrected chi connectivity index (χ1v) is 7.59. The van der Waals surface area contributed by atoms with Gasteiger partial charge in [-0.1, -0.05) is 33.6 Å². The summed E-state index contributed by atoms with van der Waals surface area (Å²) in [5.41, 5.74) is 1.95. The molecule has 0 fully saturated rings. The Morgan fingerprint density at radius 3 is 1.90 bits per heavy atom. The summed E-state index contributed by atoms with van der Waals surface area (Å²) in [5.74, 6) is 2.20. The van der Waals surface area contributed by atoms with E-state index in [1.165, 1.54) is 0 Å². The van der Waals surface area contributed by atoms with E-state index in [0.717, 1.165) is 28.4 Å². The number of methoxy groups -OCH3 is 3. The molecule has 1 atom stereocenters. The molecule has 0 amide bonds. The molecule has 0 heterocycles. The van der Waals surface area contributed by atoms with E-state index in [1.54, 1.807) is 27.4 Å². The second-order valence-electron chi connectivity index (χ2n) is 4.40. The average Bonchev–Trinajstić information content (AvgIpc) is 2.53. The van der Waals surface area contributed by atoms with Gasteiger partial charge in [0.1, 0.15) is 17.2 Å². The van der Waals surface area contributed by atoms with Crippen LogP contribution in [0.25, 0.3) is 0 Å². The van der Waals surface area contributed by atoms with Gasteiger partial charge in [-0.05, 0) is 35.4 Å². The van der Waals surface area contributed by atoms with Crippen molar-refractivity contribution >= 4 is 27.5 Å². The lowest BCUT2D eigenvalue weighted by Crippen LogP contribution is -1.97. The zero-order valence-electron chi connectivity index (χ0n) is 12.0. The molecule has 0 spiro atoms. The first-order valence-electron chi connectivity index (χ1n) is 6.29. The number of hydrogen-bond donors (Lipinski definition) is 0. The number of benzene rings is 2. The Balaban J connectivity index is 2.41. The molecule has 0 bridgehead atoms. The van der Waals surface area contributed by atoms with Crippen LogP contribution in [0, 0.1) is 0 Å². The molecule has 0 aliphatic rings. The minimum Gasteiger partial charge on any atom is -0.497 e. The van der Waals surface area contributed by atoms with Gasteiger partial charge in [-0.25, -0.2) is 0 Å². The van der Waals surface area contributed by atoms with Crippen LogP contribution < -0.4 is 14.2 Å². The smallest absolute Gasteiger partial charge is 0.122 e. The molecule has 0 radical (unpaired) electrons. The monoisotopic (exact) mass is 370 g/mol. The molecule has 2 aromatic rings. The van der Waals surface area contributed by atoms with E-state index in [4.69, 9.17) is 25.8 Å². The van der Waals surface area contributed by atoms with Crippen molar-refractivity contribution in [1.29, 1.82) is 0 Å². The van der Waals surface area contributed by atoms with Crippen LogP contribution in [0.2, 0.25) is 5.02 Å². The molecule has 0 saturated heterocycles. The van der Waals surface area contributed by atoms with Gasteiger partial charge in [0.15, 0.2) is 0 Å². The summed E-state index contributed by atoms with van der Waals surface area (Å²) < 4.78 is 15.8. The summed E-state index contributed by atoms with van der Waals surface area (Å²) in [7, 11) is 4.87. The number of hydrogen-bond acceptors (Lipinski definition) is 3. The highest BCUT2D eigenvalue weighted by atomic mass is 79.9. The lowest BCUT2D eigenvalue weighted by atomic mass is 10.0. The fourth-order valence-electron chi connectivity index (χ4n) is 2.00. The topological polar surface area (TPSA) is 27.7 Å². The molecule has 3 nitrogen and oxygen atoms in total. The Labute approximate surface area is 137 Å². The zero-order chi connectivity index (χ0) is 15.4. The minimum absolute atomic E-state index is 0.0695. The SMILES string of the molecule is COc1cc(OC)cc(C(Br)c2ccc(OC)cc2Cl)c1. The lowest BCUT2D eigenvalue weighted by Gasteiger charge is -2.15. The van der Waals surface area contributed by atoms with Gasteiger partial charge in [0.2, 0.25) is 0 Å². The maximum Gasteiger partial charge on any atom is 0.122 e. The van der Waals surface area contributed by atoms with Crippen molar-refractivity contribution < 1.29 is 14.2 Å². The van der Waals surface area contributed by atoms with Gasteiger partial charge in [-0.2, -0.15) is 0 Å². The Morgan fingerprint density at radius 1 is 0.857 bits per heavy atom. The van der Waals surface area contributed by atoms with E-state index in [1.807, 2.05) is 30.3 Å². The van der Waals surface area contributed by atoms with E-state index in [2.05, 4.69) is 15.9 Å². The summed E-state index contributed by atoms with van der Waals surface area (Å²) in [6, 6.07) is 11.3. The fourth-order valence-corrected chi connectivity index (χ4v) is 3.07. The summed E-state index contributed by atoms with van der Waals surface area (Å²) >= 11 is 10.0. The number of alkyl halides is 1. The molecule has 0 saturated carbocycles. The first kappa shape index (κ1) is 16.0. The van der Waals surface area contributed by atoms with E-state index in [9.17, 15) is 0 Å². The third kappa shape index (κ3) is 3.63. The van der Waals surface area contributed by atoms with Crippen LogP contribution in [-0.4, -0.2) is 21.3 Å². The largest absolute Gasteiger partial charge is 0.497 e. The van der Waals surface area contributed by atoms with Crippen LogP contribution >= 0.6 is 27.5 Å². The molecular formula is C16H16BrClO3. The van der Waals surface area contributed by atoms with Gasteiger partial charge in [0.25, 0.3) is 0 Å². The highest BCUT2D eigenvalue weighted by Crippen LogP contribution is 2.39. The van der Waals surface area contributed by atoms with Crippen LogP contribution in [0.15, 0.2) is 36.4 Å². The standard InChI is InChI=1S/C16H16BrClO3/c1-19-11-4-5-14(15(18)9-11)16(17)10-6-12(20-2)8-13(7-10)21-3/h4-9,16H,1-3H3. The van der Waals surface area contributed by atoms with Crippen molar-refractivity contribution in [3.8, 4) is 17.2 Å². The summed E-state index contributed by atoms with van der Waals surface area (Å²) in [5, 5.41) is 0.637. The molecule has 112 valence electrons. The van der Waals surface area contributed by atoms with Gasteiger partial charge >= 0.3 is 0 Å². The van der Waals surface area contributed by atoms with Crippen molar-refractivity contribution in [3.63, 3.8) is 0 Å². The molecule has 5 heteroatoms. The van der Waals surface area contributed by atoms with Gasteiger partial charge in [-0.3, -0.25) is 0 Å². The van der Waals surface area contributed by atoms with Crippen LogP contribution in [0.5, 0.6) is 17.2 Å². The van der Waals surface area contributed by atoms with E-state index >= 15 is 0 Å². The van der Waals surface area contributed by atoms with Gasteiger partial charge < -0.3 is 14.2 Å². The lowest BCUT2D eigenvalue weighted by molar-refractivity contribution is 0.393. The fraction of sp³-hybridized carbons (Fsp3) is 0.250. The molecule has 21 heavy (non-hydrogen) atoms. The van der Waals surface area contributed by atoms with Crippen LogP contribution in [-0.2, 0) is 0 Å². The summed E-state index contributed by atoms with van der Waals surface area (Å²) in [6.45, 7) is 0. The third-order valence-corrected chi connectivity index (χ3v) is 4.50. The van der Waals surface area contributed by atoms with Crippen molar-refractivity contribution in [1.82, 2.24) is 0 Å². The quantitative estimate of drug-likeness (QED) is 0.703. The number of halogens is 2. The maximum atomic E-state index is 6.33. The van der Waals surface area contributed by atoms with Crippen LogP contribution in [0.4, 0.5) is 0 Å². The maximum absolute atomic E-state index is 6.33. The van der Waals surface area contributed by atoms with E-state index < -0.39 is 0 Å². The molecule has 2 aromatic carbocycles. The van der Waals surface area contributed by atoms with Crippen LogP contribution in [0.1, 0.15) is 16.0 Å². The minimum atomic E-state index is -0.0695. The second-order valence-corrected chi connectivity index (χ2v) is 5.72. The average molecular weight is 372 g/mol. The molecule has 0 aromatic heterocycles. The summed E-state index contributed by atoms with van der Waals surface area (Å²) in [4.78, 5) is -0.0695. The van der Waals surface area contributed by atoms with Crippen molar-refractivity contribution in [2.75, 3.05) is 21.3 Å². The van der Waals surface area contributed by atoms with Gasteiger partial charge in [0, 0.05) is 11.1 Å². The molecule has 2 rings (SSSR count). The Morgan fingerprint density at radius 2 is 1.43 bits per heavy atom. The Hall–Kier alpha value is -1.39. The second kappa shape index (κ2) is 7.05. The highest BCUT2D eigenvalue weighted by molar-refractivity contribution is 9.09. The number of rotatable bonds is 5. The Kier molecular flexibility index (Phi) is 5.37. The molecule has 0 N–H and O–H groups in total. The molecule has 1 unspecified atom stereocenters. The first-order chi connectivity index (χ1) is 10.1. The van der Waals surface area contributed by atoms with E-state index in [0.29, 0.717) is 5.02 Å². The van der Waals surface area contributed by atoms with Gasteiger partial charge in [0.05, 0.1) is 26.2 Å². The summed E-state index contributed by atoms with van der Waals surface area (Å²) in [6.07, 6.45) is 0. The van der Waals surface area contributed by atoms with Crippen LogP contribution in [0.3, 0.4) is 0 Å². The highest BCUT2D eigenvalue weighted by Gasteiger charge is 2.16. The predicted octanol–water partition coefficient (Wildman–Crippen LogP) is 4.85. The van der Waals surface area contributed by atoms with Crippen molar-refractivity contribution in [2.24, 2.45) is 0 Å². The van der Waals surface area contributed by atoms with Crippen molar-refractivity contribution in [2.45, 2.75) is 4.83 Å². The van der Waals surface area contributed by atoms with Gasteiger partial charge in [-0.15, -0.1) is 0 Å². The molecule has 0 aliphatic carbocycles. The predicted molar refractivity (Wildman–Crippen MR) is 88.3 cm³/mol. The van der Waals surface area contributed by atoms with Crippen molar-refractivity contribution in [3.05, 3.63) is 52.5 Å². The molecule has 0 aliphatic heterocycles. The number of ether oxygens (including phenoxy) is 3. The molecular weight excluding hydrogens is 356 g/mol.